The van der Waals surface area contributed by atoms with Crippen molar-refractivity contribution < 1.29 is 19.1 Å². The van der Waals surface area contributed by atoms with Crippen LogP contribution < -0.4 is 9.61 Å². The van der Waals surface area contributed by atoms with Crippen LogP contribution in [0.1, 0.15) is 22.5 Å². The number of rotatable bonds is 7. The third-order valence-corrected chi connectivity index (χ3v) is 4.53. The van der Waals surface area contributed by atoms with Crippen LogP contribution in [-0.4, -0.2) is 30.0 Å². The molecule has 0 N–H and O–H groups in total. The van der Waals surface area contributed by atoms with Crippen molar-refractivity contribution in [3.8, 4) is 5.75 Å². The lowest BCUT2D eigenvalue weighted by molar-refractivity contribution is -0.142. The molecule has 0 atom stereocenters. The van der Waals surface area contributed by atoms with Gasteiger partial charge in [-0.2, -0.15) is 0 Å². The summed E-state index contributed by atoms with van der Waals surface area (Å²) in [5.41, 5.74) is 1.13. The molecule has 128 valence electrons. The van der Waals surface area contributed by atoms with Crippen molar-refractivity contribution in [1.29, 1.82) is 0 Å². The van der Waals surface area contributed by atoms with Crippen LogP contribution in [0, 0.1) is 6.92 Å². The van der Waals surface area contributed by atoms with E-state index in [0.29, 0.717) is 16.3 Å². The fraction of sp³-hybridized carbons (Fsp3) is 0.312. The number of benzene rings is 1. The zero-order valence-electron chi connectivity index (χ0n) is 13.2. The van der Waals surface area contributed by atoms with Crippen LogP contribution in [-0.2, 0) is 16.1 Å². The summed E-state index contributed by atoms with van der Waals surface area (Å²) in [6.45, 7) is 1.65. The molecule has 0 aliphatic rings. The Balaban J connectivity index is 1.86. The fourth-order valence-corrected chi connectivity index (χ4v) is 3.04. The summed E-state index contributed by atoms with van der Waals surface area (Å²) in [7, 11) is 1.48. The largest absolute Gasteiger partial charge is 0.495 e. The summed E-state index contributed by atoms with van der Waals surface area (Å²) in [6.07, 6.45) is 0.0220. The van der Waals surface area contributed by atoms with Gasteiger partial charge in [-0.3, -0.25) is 14.4 Å². The number of carbonyl (C=O) groups excluding carboxylic acids is 2. The van der Waals surface area contributed by atoms with Gasteiger partial charge in [0.25, 0.3) is 0 Å². The van der Waals surface area contributed by atoms with E-state index in [4.69, 9.17) is 21.1 Å². The first-order valence-corrected chi connectivity index (χ1v) is 8.35. The van der Waals surface area contributed by atoms with Crippen molar-refractivity contribution in [2.45, 2.75) is 19.9 Å². The number of thiazole rings is 1. The molecule has 0 spiro atoms. The first-order chi connectivity index (χ1) is 11.4. The number of halogens is 1. The smallest absolute Gasteiger partial charge is 0.308 e. The van der Waals surface area contributed by atoms with Crippen molar-refractivity contribution in [1.82, 2.24) is 4.57 Å². The van der Waals surface area contributed by atoms with Gasteiger partial charge in [0.15, 0.2) is 12.4 Å². The number of hydrogen-bond donors (Lipinski definition) is 0. The molecule has 2 aromatic rings. The Kier molecular flexibility index (Phi) is 6.16. The molecule has 0 amide bonds. The number of carbonyl (C=O) groups is 2. The third-order valence-electron chi connectivity index (χ3n) is 3.35. The van der Waals surface area contributed by atoms with Crippen LogP contribution in [0.15, 0.2) is 28.4 Å². The highest BCUT2D eigenvalue weighted by atomic mass is 35.5. The van der Waals surface area contributed by atoms with Crippen molar-refractivity contribution in [2.24, 2.45) is 0 Å². The van der Waals surface area contributed by atoms with Gasteiger partial charge < -0.3 is 14.0 Å². The summed E-state index contributed by atoms with van der Waals surface area (Å²) < 4.78 is 11.5. The molecule has 1 heterocycles. The molecular formula is C16H16ClNO5S. The number of Topliss-reactive ketones (excluding diaryl/α,β-unsaturated/α-hetero) is 1. The first kappa shape index (κ1) is 18.2. The van der Waals surface area contributed by atoms with Crippen LogP contribution in [0.3, 0.4) is 0 Å². The number of methoxy groups -OCH3 is 1. The second kappa shape index (κ2) is 8.12. The van der Waals surface area contributed by atoms with E-state index in [9.17, 15) is 14.4 Å². The topological polar surface area (TPSA) is 74.6 Å². The van der Waals surface area contributed by atoms with E-state index >= 15 is 0 Å². The average Bonchev–Trinajstić information content (AvgIpc) is 2.88. The minimum Gasteiger partial charge on any atom is -0.495 e. The van der Waals surface area contributed by atoms with Crippen molar-refractivity contribution >= 4 is 34.7 Å². The van der Waals surface area contributed by atoms with E-state index in [1.54, 1.807) is 24.4 Å². The third kappa shape index (κ3) is 4.46. The number of esters is 1. The molecule has 0 aliphatic heterocycles. The summed E-state index contributed by atoms with van der Waals surface area (Å²) in [4.78, 5) is 35.2. The molecule has 6 nitrogen and oxygen atoms in total. The lowest BCUT2D eigenvalue weighted by Gasteiger charge is -2.07. The maximum Gasteiger partial charge on any atom is 0.308 e. The zero-order chi connectivity index (χ0) is 17.7. The number of aromatic nitrogens is 1. The van der Waals surface area contributed by atoms with Crippen LogP contribution >= 0.6 is 22.9 Å². The normalized spacial score (nSPS) is 10.5. The lowest BCUT2D eigenvalue weighted by Crippen LogP contribution is -2.19. The zero-order valence-corrected chi connectivity index (χ0v) is 14.8. The Bertz CT molecular complexity index is 811. The number of hydrogen-bond acceptors (Lipinski definition) is 6. The highest BCUT2D eigenvalue weighted by Crippen LogP contribution is 2.25. The molecule has 1 aromatic heterocycles. The van der Waals surface area contributed by atoms with Gasteiger partial charge in [-0.05, 0) is 25.1 Å². The second-order valence-electron chi connectivity index (χ2n) is 4.98. The van der Waals surface area contributed by atoms with Crippen molar-refractivity contribution in [3.05, 3.63) is 49.5 Å². The molecule has 0 bridgehead atoms. The number of aryl methyl sites for hydroxylation is 1. The number of nitrogens with zero attached hydrogens (tertiary/aromatic N) is 1. The molecular weight excluding hydrogens is 354 g/mol. The first-order valence-electron chi connectivity index (χ1n) is 7.09. The van der Waals surface area contributed by atoms with Crippen LogP contribution in [0.5, 0.6) is 5.75 Å². The SMILES string of the molecule is COc1ccc(C(=O)COC(=O)CCn2c(C)csc2=O)cc1Cl. The van der Waals surface area contributed by atoms with Crippen LogP contribution in [0.2, 0.25) is 5.02 Å². The van der Waals surface area contributed by atoms with E-state index in [2.05, 4.69) is 0 Å². The molecule has 0 saturated carbocycles. The van der Waals surface area contributed by atoms with E-state index in [-0.39, 0.29) is 30.2 Å². The molecule has 0 fully saturated rings. The highest BCUT2D eigenvalue weighted by Gasteiger charge is 2.13. The van der Waals surface area contributed by atoms with Gasteiger partial charge in [0.05, 0.1) is 18.6 Å². The Hall–Kier alpha value is -2.12. The minimum atomic E-state index is -0.541. The predicted octanol–water partition coefficient (Wildman–Crippen LogP) is 2.70. The molecule has 24 heavy (non-hydrogen) atoms. The molecule has 1 aromatic carbocycles. The molecule has 0 saturated heterocycles. The van der Waals surface area contributed by atoms with Gasteiger partial charge in [-0.25, -0.2) is 0 Å². The molecule has 0 radical (unpaired) electrons. The van der Waals surface area contributed by atoms with Crippen molar-refractivity contribution in [3.63, 3.8) is 0 Å². The Morgan fingerprint density at radius 3 is 2.67 bits per heavy atom. The summed E-state index contributed by atoms with van der Waals surface area (Å²) in [5, 5.41) is 2.03. The maximum absolute atomic E-state index is 12.0. The monoisotopic (exact) mass is 369 g/mol. The lowest BCUT2D eigenvalue weighted by atomic mass is 10.1. The van der Waals surface area contributed by atoms with Gasteiger partial charge in [0.1, 0.15) is 5.75 Å². The molecule has 2 rings (SSSR count). The Morgan fingerprint density at radius 1 is 1.33 bits per heavy atom. The van der Waals surface area contributed by atoms with Gasteiger partial charge in [0.2, 0.25) is 0 Å². The Labute approximate surface area is 147 Å². The fourth-order valence-electron chi connectivity index (χ4n) is 2.02. The van der Waals surface area contributed by atoms with E-state index < -0.39 is 5.97 Å². The number of ketones is 1. The quantitative estimate of drug-likeness (QED) is 0.554. The summed E-state index contributed by atoms with van der Waals surface area (Å²) >= 11 is 7.04. The molecule has 0 unspecified atom stereocenters. The van der Waals surface area contributed by atoms with Crippen molar-refractivity contribution in [2.75, 3.05) is 13.7 Å². The van der Waals surface area contributed by atoms with Gasteiger partial charge in [-0.1, -0.05) is 22.9 Å². The highest BCUT2D eigenvalue weighted by molar-refractivity contribution is 7.07. The minimum absolute atomic E-state index is 0.0220. The van der Waals surface area contributed by atoms with Gasteiger partial charge in [-0.15, -0.1) is 0 Å². The molecule has 0 aliphatic carbocycles. The predicted molar refractivity (Wildman–Crippen MR) is 91.2 cm³/mol. The average molecular weight is 370 g/mol. The van der Waals surface area contributed by atoms with E-state index in [1.807, 2.05) is 0 Å². The second-order valence-corrected chi connectivity index (χ2v) is 6.21. The Morgan fingerprint density at radius 2 is 2.08 bits per heavy atom. The summed E-state index contributed by atoms with van der Waals surface area (Å²) in [6, 6.07) is 4.59. The van der Waals surface area contributed by atoms with Gasteiger partial charge in [0, 0.05) is 23.2 Å². The van der Waals surface area contributed by atoms with Crippen LogP contribution in [0.25, 0.3) is 0 Å². The van der Waals surface area contributed by atoms with Crippen LogP contribution in [0.4, 0.5) is 0 Å². The van der Waals surface area contributed by atoms with Gasteiger partial charge >= 0.3 is 10.8 Å². The summed E-state index contributed by atoms with van der Waals surface area (Å²) in [5.74, 6) is -0.445. The van der Waals surface area contributed by atoms with E-state index in [1.165, 1.54) is 17.7 Å². The molecule has 8 heteroatoms. The maximum atomic E-state index is 12.0. The standard InChI is InChI=1S/C16H16ClNO5S/c1-10-9-24-16(21)18(10)6-5-15(20)23-8-13(19)11-3-4-14(22-2)12(17)7-11/h3-4,7,9H,5-6,8H2,1-2H3. The number of ether oxygens (including phenoxy) is 2. The van der Waals surface area contributed by atoms with E-state index in [0.717, 1.165) is 17.0 Å².